The minimum Gasteiger partial charge on any atom is -0.244 e. The molecular weight excluding hydrogens is 214 g/mol. The highest BCUT2D eigenvalue weighted by Crippen LogP contribution is 2.16. The zero-order valence-electron chi connectivity index (χ0n) is 8.51. The molecule has 0 saturated carbocycles. The molecule has 0 N–H and O–H groups in total. The van der Waals surface area contributed by atoms with Crippen LogP contribution in [0, 0.1) is 11.3 Å². The molecule has 0 fully saturated rings. The van der Waals surface area contributed by atoms with Gasteiger partial charge in [0.25, 0.3) is 0 Å². The van der Waals surface area contributed by atoms with E-state index in [0.717, 1.165) is 0 Å². The van der Waals surface area contributed by atoms with E-state index in [1.54, 1.807) is 13.0 Å². The van der Waals surface area contributed by atoms with E-state index < -0.39 is 10.0 Å². The summed E-state index contributed by atoms with van der Waals surface area (Å²) in [6, 6.07) is 4.64. The third kappa shape index (κ3) is 2.14. The van der Waals surface area contributed by atoms with Crippen molar-refractivity contribution in [1.82, 2.24) is 9.29 Å². The molecule has 0 atom stereocenters. The molecule has 0 amide bonds. The van der Waals surface area contributed by atoms with Gasteiger partial charge in [0.05, 0.1) is 0 Å². The van der Waals surface area contributed by atoms with Crippen molar-refractivity contribution < 1.29 is 8.42 Å². The summed E-state index contributed by atoms with van der Waals surface area (Å²) in [5, 5.41) is 8.74. The summed E-state index contributed by atoms with van der Waals surface area (Å²) >= 11 is 0. The number of rotatable bonds is 3. The number of nitriles is 1. The van der Waals surface area contributed by atoms with Crippen molar-refractivity contribution in [3.05, 3.63) is 24.0 Å². The highest BCUT2D eigenvalue weighted by atomic mass is 32.2. The Morgan fingerprint density at radius 3 is 2.80 bits per heavy atom. The lowest BCUT2D eigenvalue weighted by Crippen LogP contribution is -2.27. The average Bonchev–Trinajstić information content (AvgIpc) is 2.27. The van der Waals surface area contributed by atoms with Gasteiger partial charge in [-0.3, -0.25) is 0 Å². The number of hydrogen-bond acceptors (Lipinski definition) is 4. The van der Waals surface area contributed by atoms with Crippen molar-refractivity contribution in [2.75, 3.05) is 13.6 Å². The first-order chi connectivity index (χ1) is 7.04. The fourth-order valence-corrected chi connectivity index (χ4v) is 2.29. The minimum atomic E-state index is -3.58. The lowest BCUT2D eigenvalue weighted by Gasteiger charge is -2.14. The Kier molecular flexibility index (Phi) is 3.39. The molecule has 0 radical (unpaired) electrons. The van der Waals surface area contributed by atoms with E-state index in [4.69, 9.17) is 5.26 Å². The molecule has 0 bridgehead atoms. The van der Waals surface area contributed by atoms with Crippen LogP contribution >= 0.6 is 0 Å². The first kappa shape index (κ1) is 11.6. The number of nitrogens with zero attached hydrogens (tertiary/aromatic N) is 3. The molecule has 0 aliphatic heterocycles. The SMILES string of the molecule is CCN(C)S(=O)(=O)c1cccnc1C#N. The molecule has 0 unspecified atom stereocenters. The molecule has 1 aromatic rings. The van der Waals surface area contributed by atoms with Crippen molar-refractivity contribution in [1.29, 1.82) is 5.26 Å². The van der Waals surface area contributed by atoms with Crippen molar-refractivity contribution >= 4 is 10.0 Å². The van der Waals surface area contributed by atoms with Crippen LogP contribution < -0.4 is 0 Å². The summed E-state index contributed by atoms with van der Waals surface area (Å²) in [4.78, 5) is 3.67. The van der Waals surface area contributed by atoms with E-state index in [2.05, 4.69) is 4.98 Å². The second-order valence-electron chi connectivity index (χ2n) is 2.88. The Balaban J connectivity index is 3.35. The Morgan fingerprint density at radius 1 is 1.60 bits per heavy atom. The predicted octanol–water partition coefficient (Wildman–Crippen LogP) is 0.594. The molecule has 0 aromatic carbocycles. The molecule has 1 heterocycles. The van der Waals surface area contributed by atoms with Gasteiger partial charge in [0.2, 0.25) is 10.0 Å². The number of hydrogen-bond donors (Lipinski definition) is 0. The second kappa shape index (κ2) is 4.38. The average molecular weight is 225 g/mol. The van der Waals surface area contributed by atoms with Crippen LogP contribution in [0.25, 0.3) is 0 Å². The van der Waals surface area contributed by atoms with Gasteiger partial charge in [0, 0.05) is 19.8 Å². The van der Waals surface area contributed by atoms with Gasteiger partial charge >= 0.3 is 0 Å². The minimum absolute atomic E-state index is 0.0446. The van der Waals surface area contributed by atoms with Gasteiger partial charge in [-0.05, 0) is 12.1 Å². The van der Waals surface area contributed by atoms with Crippen LogP contribution in [0.4, 0.5) is 0 Å². The van der Waals surface area contributed by atoms with Crippen molar-refractivity contribution in [2.24, 2.45) is 0 Å². The van der Waals surface area contributed by atoms with Crippen LogP contribution in [-0.2, 0) is 10.0 Å². The monoisotopic (exact) mass is 225 g/mol. The fraction of sp³-hybridized carbons (Fsp3) is 0.333. The molecule has 0 aliphatic rings. The Labute approximate surface area is 89.0 Å². The number of sulfonamides is 1. The molecule has 1 rings (SSSR count). The zero-order chi connectivity index (χ0) is 11.5. The maximum absolute atomic E-state index is 11.9. The van der Waals surface area contributed by atoms with Gasteiger partial charge < -0.3 is 0 Å². The molecule has 6 heteroatoms. The molecular formula is C9H11N3O2S. The highest BCUT2D eigenvalue weighted by molar-refractivity contribution is 7.89. The van der Waals surface area contributed by atoms with E-state index in [1.165, 1.54) is 29.7 Å². The maximum Gasteiger partial charge on any atom is 0.245 e. The molecule has 1 aromatic heterocycles. The third-order valence-corrected chi connectivity index (χ3v) is 3.97. The van der Waals surface area contributed by atoms with Crippen LogP contribution in [0.5, 0.6) is 0 Å². The largest absolute Gasteiger partial charge is 0.245 e. The van der Waals surface area contributed by atoms with E-state index >= 15 is 0 Å². The van der Waals surface area contributed by atoms with E-state index in [0.29, 0.717) is 6.54 Å². The maximum atomic E-state index is 11.9. The summed E-state index contributed by atoms with van der Waals surface area (Å²) in [6.45, 7) is 2.07. The summed E-state index contributed by atoms with van der Waals surface area (Å²) in [5.74, 6) is 0. The number of pyridine rings is 1. The summed E-state index contributed by atoms with van der Waals surface area (Å²) in [5.41, 5.74) is -0.0715. The number of aromatic nitrogens is 1. The van der Waals surface area contributed by atoms with Gasteiger partial charge in [-0.25, -0.2) is 17.7 Å². The van der Waals surface area contributed by atoms with Gasteiger partial charge in [0.15, 0.2) is 5.69 Å². The van der Waals surface area contributed by atoms with E-state index in [-0.39, 0.29) is 10.6 Å². The highest BCUT2D eigenvalue weighted by Gasteiger charge is 2.23. The molecule has 5 nitrogen and oxygen atoms in total. The molecule has 80 valence electrons. The van der Waals surface area contributed by atoms with Gasteiger partial charge in [-0.15, -0.1) is 0 Å². The van der Waals surface area contributed by atoms with Crippen LogP contribution in [0.15, 0.2) is 23.2 Å². The van der Waals surface area contributed by atoms with Crippen LogP contribution in [0.1, 0.15) is 12.6 Å². The van der Waals surface area contributed by atoms with Gasteiger partial charge in [-0.2, -0.15) is 5.26 Å². The standard InChI is InChI=1S/C9H11N3O2S/c1-3-12(2)15(13,14)9-5-4-6-11-8(9)7-10/h4-6H,3H2,1-2H3. The predicted molar refractivity (Wildman–Crippen MR) is 54.4 cm³/mol. The topological polar surface area (TPSA) is 74.1 Å². The first-order valence-electron chi connectivity index (χ1n) is 4.35. The van der Waals surface area contributed by atoms with E-state index in [9.17, 15) is 8.42 Å². The quantitative estimate of drug-likeness (QED) is 0.754. The fourth-order valence-electron chi connectivity index (χ4n) is 1.02. The molecule has 15 heavy (non-hydrogen) atoms. The van der Waals surface area contributed by atoms with Crippen molar-refractivity contribution in [3.8, 4) is 6.07 Å². The van der Waals surface area contributed by atoms with Gasteiger partial charge in [-0.1, -0.05) is 6.92 Å². The van der Waals surface area contributed by atoms with Crippen LogP contribution in [0.2, 0.25) is 0 Å². The van der Waals surface area contributed by atoms with Crippen LogP contribution in [-0.4, -0.2) is 31.3 Å². The molecule has 0 aliphatic carbocycles. The third-order valence-electron chi connectivity index (χ3n) is 2.01. The second-order valence-corrected chi connectivity index (χ2v) is 4.89. The van der Waals surface area contributed by atoms with Crippen LogP contribution in [0.3, 0.4) is 0 Å². The van der Waals surface area contributed by atoms with E-state index in [1.807, 2.05) is 0 Å². The van der Waals surface area contributed by atoms with Gasteiger partial charge in [0.1, 0.15) is 11.0 Å². The summed E-state index contributed by atoms with van der Waals surface area (Å²) in [6.07, 6.45) is 1.39. The Bertz CT molecular complexity index is 490. The Morgan fingerprint density at radius 2 is 2.27 bits per heavy atom. The Hall–Kier alpha value is -1.45. The summed E-state index contributed by atoms with van der Waals surface area (Å²) in [7, 11) is -2.12. The molecule has 0 saturated heterocycles. The molecule has 0 spiro atoms. The first-order valence-corrected chi connectivity index (χ1v) is 5.79. The normalized spacial score (nSPS) is 11.3. The smallest absolute Gasteiger partial charge is 0.244 e. The lowest BCUT2D eigenvalue weighted by atomic mass is 10.4. The van der Waals surface area contributed by atoms with Crippen molar-refractivity contribution in [2.45, 2.75) is 11.8 Å². The van der Waals surface area contributed by atoms with Crippen molar-refractivity contribution in [3.63, 3.8) is 0 Å². The lowest BCUT2D eigenvalue weighted by molar-refractivity contribution is 0.486. The summed E-state index contributed by atoms with van der Waals surface area (Å²) < 4.78 is 24.9. The zero-order valence-corrected chi connectivity index (χ0v) is 9.32.